The maximum absolute atomic E-state index is 14.8. The highest BCUT2D eigenvalue weighted by Gasteiger charge is 2.52. The summed E-state index contributed by atoms with van der Waals surface area (Å²) in [6.45, 7) is 4.08. The van der Waals surface area contributed by atoms with Gasteiger partial charge in [-0.25, -0.2) is 17.8 Å². The molecule has 1 N–H and O–H groups in total. The van der Waals surface area contributed by atoms with Crippen LogP contribution in [0.2, 0.25) is 0 Å². The van der Waals surface area contributed by atoms with Crippen molar-refractivity contribution in [1.82, 2.24) is 10.3 Å². The molecule has 3 aliphatic rings. The largest absolute Gasteiger partial charge is 0.448 e. The number of sulfonamides is 1. The Morgan fingerprint density at radius 1 is 1.02 bits per heavy atom. The number of benzene rings is 2. The van der Waals surface area contributed by atoms with Crippen LogP contribution in [0.1, 0.15) is 92.1 Å². The van der Waals surface area contributed by atoms with E-state index in [4.69, 9.17) is 9.15 Å². The molecule has 2 amide bonds. The Hall–Kier alpha value is -3.83. The smallest absolute Gasteiger partial charge is 0.273 e. The lowest BCUT2D eigenvalue weighted by Crippen LogP contribution is -2.37. The molecule has 2 saturated heterocycles. The third-order valence-electron chi connectivity index (χ3n) is 9.89. The molecule has 250 valence electrons. The van der Waals surface area contributed by atoms with Crippen LogP contribution >= 0.6 is 0 Å². The average Bonchev–Trinajstić information content (AvgIpc) is 3.84. The Balaban J connectivity index is 1.19. The summed E-state index contributed by atoms with van der Waals surface area (Å²) in [5.41, 5.74) is 0.554. The highest BCUT2D eigenvalue weighted by molar-refractivity contribution is 7.93. The maximum Gasteiger partial charge on any atom is 0.273 e. The van der Waals surface area contributed by atoms with Crippen LogP contribution in [0.3, 0.4) is 0 Å². The van der Waals surface area contributed by atoms with Crippen molar-refractivity contribution in [3.8, 4) is 0 Å². The van der Waals surface area contributed by atoms with Gasteiger partial charge in [-0.05, 0) is 73.6 Å². The van der Waals surface area contributed by atoms with E-state index in [1.807, 2.05) is 0 Å². The first kappa shape index (κ1) is 33.1. The Morgan fingerprint density at radius 2 is 1.79 bits per heavy atom. The van der Waals surface area contributed by atoms with Gasteiger partial charge in [0.2, 0.25) is 5.89 Å². The number of halogens is 1. The summed E-state index contributed by atoms with van der Waals surface area (Å²) in [5, 5.41) is 2.96. The number of amides is 2. The lowest BCUT2D eigenvalue weighted by atomic mass is 9.76. The molecule has 3 aromatic rings. The molecule has 1 aromatic heterocycles. The molecule has 47 heavy (non-hydrogen) atoms. The SMILES string of the molecule is C=CC(=O)N(c1ccc(F)cc1C[C@H]1C2CCC(O2)[C@@H]1c1nc(C(=O)NCCCCC2CCCCC2)co1)S(=O)(=O)c1ccccc1. The Morgan fingerprint density at radius 3 is 2.55 bits per heavy atom. The minimum Gasteiger partial charge on any atom is -0.448 e. The summed E-state index contributed by atoms with van der Waals surface area (Å²) >= 11 is 0. The summed E-state index contributed by atoms with van der Waals surface area (Å²) in [5.74, 6) is -1.15. The van der Waals surface area contributed by atoms with Crippen LogP contribution in [0.25, 0.3) is 0 Å². The monoisotopic (exact) mass is 663 g/mol. The zero-order valence-corrected chi connectivity index (χ0v) is 27.3. The van der Waals surface area contributed by atoms with E-state index in [9.17, 15) is 22.4 Å². The number of hydrogen-bond donors (Lipinski definition) is 1. The van der Waals surface area contributed by atoms with Gasteiger partial charge < -0.3 is 14.5 Å². The molecule has 0 radical (unpaired) electrons. The molecule has 9 nitrogen and oxygen atoms in total. The molecular weight excluding hydrogens is 621 g/mol. The van der Waals surface area contributed by atoms with Gasteiger partial charge >= 0.3 is 0 Å². The van der Waals surface area contributed by atoms with Crippen LogP contribution in [0.15, 0.2) is 76.8 Å². The molecule has 2 unspecified atom stereocenters. The van der Waals surface area contributed by atoms with Gasteiger partial charge in [0.25, 0.3) is 21.8 Å². The molecule has 1 aliphatic carbocycles. The predicted octanol–water partition coefficient (Wildman–Crippen LogP) is 6.71. The first-order chi connectivity index (χ1) is 22.8. The van der Waals surface area contributed by atoms with Crippen LogP contribution in [0, 0.1) is 17.7 Å². The zero-order valence-electron chi connectivity index (χ0n) is 26.5. The fourth-order valence-electron chi connectivity index (χ4n) is 7.56. The summed E-state index contributed by atoms with van der Waals surface area (Å²) in [7, 11) is -4.35. The van der Waals surface area contributed by atoms with Gasteiger partial charge in [-0.1, -0.05) is 69.7 Å². The molecule has 2 bridgehead atoms. The molecule has 2 aromatic carbocycles. The van der Waals surface area contributed by atoms with Crippen molar-refractivity contribution in [2.24, 2.45) is 11.8 Å². The number of nitrogens with zero attached hydrogens (tertiary/aromatic N) is 2. The fraction of sp³-hybridized carbons (Fsp3) is 0.472. The minimum atomic E-state index is -4.35. The third kappa shape index (κ3) is 7.21. The molecule has 6 rings (SSSR count). The quantitative estimate of drug-likeness (QED) is 0.160. The number of ether oxygens (including phenoxy) is 1. The van der Waals surface area contributed by atoms with Crippen LogP contribution < -0.4 is 9.62 Å². The van der Waals surface area contributed by atoms with Gasteiger partial charge in [0, 0.05) is 12.5 Å². The number of carbonyl (C=O) groups excluding carboxylic acids is 2. The third-order valence-corrected chi connectivity index (χ3v) is 11.6. The van der Waals surface area contributed by atoms with Crippen molar-refractivity contribution >= 4 is 27.5 Å². The number of anilines is 1. The molecule has 3 fully saturated rings. The number of nitrogens with one attached hydrogen (secondary N) is 1. The molecule has 3 heterocycles. The number of carbonyl (C=O) groups is 2. The number of hydrogen-bond acceptors (Lipinski definition) is 7. The molecule has 11 heteroatoms. The van der Waals surface area contributed by atoms with Gasteiger partial charge in [0.1, 0.15) is 12.1 Å². The van der Waals surface area contributed by atoms with Crippen LogP contribution in [0.4, 0.5) is 10.1 Å². The summed E-state index contributed by atoms with van der Waals surface area (Å²) in [6.07, 6.45) is 13.5. The van der Waals surface area contributed by atoms with Crippen molar-refractivity contribution < 1.29 is 31.6 Å². The van der Waals surface area contributed by atoms with Crippen LogP contribution in [-0.4, -0.2) is 44.0 Å². The Kier molecular flexibility index (Phi) is 10.2. The molecule has 4 atom stereocenters. The molecular formula is C36H42FN3O6S. The van der Waals surface area contributed by atoms with Crippen molar-refractivity contribution in [2.75, 3.05) is 10.8 Å². The number of fused-ring (bicyclic) bond motifs is 2. The zero-order chi connectivity index (χ0) is 33.0. The van der Waals surface area contributed by atoms with Gasteiger partial charge in [0.15, 0.2) is 5.69 Å². The van der Waals surface area contributed by atoms with E-state index in [0.29, 0.717) is 22.3 Å². The van der Waals surface area contributed by atoms with Crippen molar-refractivity contribution in [3.05, 3.63) is 90.4 Å². The van der Waals surface area contributed by atoms with E-state index < -0.39 is 21.7 Å². The lowest BCUT2D eigenvalue weighted by molar-refractivity contribution is -0.113. The number of unbranched alkanes of at least 4 members (excludes halogenated alkanes) is 1. The number of oxazole rings is 1. The molecule has 0 spiro atoms. The van der Waals surface area contributed by atoms with Crippen molar-refractivity contribution in [2.45, 2.75) is 93.7 Å². The van der Waals surface area contributed by atoms with Gasteiger partial charge in [-0.3, -0.25) is 9.59 Å². The minimum absolute atomic E-state index is 0.0395. The van der Waals surface area contributed by atoms with Gasteiger partial charge in [-0.15, -0.1) is 0 Å². The standard InChI is InChI=1S/C36H42FN3O6S/c1-2-33(41)40(47(43,44)27-14-7-4-8-15-27)30-17-16-26(37)21-25(30)22-28-31-18-19-32(46-31)34(28)36-39-29(23-45-36)35(42)38-20-10-9-13-24-11-5-3-6-12-24/h2,4,7-8,14-17,21,23-24,28,31-32,34H,1,3,5-6,9-13,18-20,22H2,(H,38,42)/t28-,31?,32?,34+/m0/s1. The fourth-order valence-corrected chi connectivity index (χ4v) is 9.02. The lowest BCUT2D eigenvalue weighted by Gasteiger charge is -2.29. The Bertz CT molecular complexity index is 1690. The number of rotatable bonds is 13. The van der Waals surface area contributed by atoms with E-state index in [-0.39, 0.29) is 52.6 Å². The Labute approximate surface area is 275 Å². The van der Waals surface area contributed by atoms with E-state index in [0.717, 1.165) is 43.7 Å². The summed E-state index contributed by atoms with van der Waals surface area (Å²) < 4.78 is 55.1. The summed E-state index contributed by atoms with van der Waals surface area (Å²) in [6, 6.07) is 11.3. The topological polar surface area (TPSA) is 119 Å². The van der Waals surface area contributed by atoms with E-state index >= 15 is 0 Å². The highest BCUT2D eigenvalue weighted by atomic mass is 32.2. The molecule has 2 aliphatic heterocycles. The second-order valence-electron chi connectivity index (χ2n) is 12.9. The van der Waals surface area contributed by atoms with Crippen LogP contribution in [-0.2, 0) is 26.0 Å². The van der Waals surface area contributed by atoms with Gasteiger partial charge in [-0.2, -0.15) is 4.31 Å². The normalized spacial score (nSPS) is 22.7. The van der Waals surface area contributed by atoms with E-state index in [1.54, 1.807) is 18.2 Å². The highest BCUT2D eigenvalue weighted by Crippen LogP contribution is 2.50. The average molecular weight is 664 g/mol. The maximum atomic E-state index is 14.8. The van der Waals surface area contributed by atoms with Gasteiger partial charge in [0.05, 0.1) is 28.7 Å². The molecule has 1 saturated carbocycles. The first-order valence-electron chi connectivity index (χ1n) is 16.7. The van der Waals surface area contributed by atoms with Crippen molar-refractivity contribution in [3.63, 3.8) is 0 Å². The van der Waals surface area contributed by atoms with E-state index in [2.05, 4.69) is 16.9 Å². The summed E-state index contributed by atoms with van der Waals surface area (Å²) in [4.78, 5) is 30.5. The number of aromatic nitrogens is 1. The van der Waals surface area contributed by atoms with Crippen molar-refractivity contribution in [1.29, 1.82) is 0 Å². The van der Waals surface area contributed by atoms with E-state index in [1.165, 1.54) is 69.1 Å². The predicted molar refractivity (Wildman–Crippen MR) is 175 cm³/mol. The second kappa shape index (κ2) is 14.5. The van der Waals surface area contributed by atoms with Crippen LogP contribution in [0.5, 0.6) is 0 Å². The second-order valence-corrected chi connectivity index (χ2v) is 14.7. The first-order valence-corrected chi connectivity index (χ1v) is 18.1.